The summed E-state index contributed by atoms with van der Waals surface area (Å²) in [5, 5.41) is 14.0. The summed E-state index contributed by atoms with van der Waals surface area (Å²) in [5.74, 6) is 0. The van der Waals surface area contributed by atoms with Gasteiger partial charge < -0.3 is 5.32 Å². The van der Waals surface area contributed by atoms with Gasteiger partial charge in [0.25, 0.3) is 5.69 Å². The Balaban J connectivity index is 2.15. The van der Waals surface area contributed by atoms with E-state index in [0.717, 1.165) is 18.7 Å². The number of nitrogens with zero attached hydrogens (tertiary/aromatic N) is 2. The van der Waals surface area contributed by atoms with Crippen LogP contribution in [0.1, 0.15) is 5.56 Å². The lowest BCUT2D eigenvalue weighted by molar-refractivity contribution is -0.385. The Morgan fingerprint density at radius 1 is 1.59 bits per heavy atom. The van der Waals surface area contributed by atoms with Crippen molar-refractivity contribution in [3.63, 3.8) is 0 Å². The standard InChI is InChI=1S/C11H14BrN3O2/c1-14(9-5-13-6-9)7-8-3-2-4-10(11(8)12)15(16)17/h2-4,9,13H,5-7H2,1H3. The molecule has 1 aliphatic heterocycles. The van der Waals surface area contributed by atoms with E-state index in [0.29, 0.717) is 17.1 Å². The van der Waals surface area contributed by atoms with Crippen LogP contribution in [0.2, 0.25) is 0 Å². The number of benzene rings is 1. The molecule has 1 N–H and O–H groups in total. The van der Waals surface area contributed by atoms with Crippen LogP contribution in [0.25, 0.3) is 0 Å². The van der Waals surface area contributed by atoms with E-state index in [4.69, 9.17) is 0 Å². The van der Waals surface area contributed by atoms with E-state index < -0.39 is 0 Å². The molecule has 6 heteroatoms. The maximum absolute atomic E-state index is 10.8. The van der Waals surface area contributed by atoms with Crippen molar-refractivity contribution >= 4 is 21.6 Å². The third-order valence-corrected chi connectivity index (χ3v) is 3.97. The predicted molar refractivity (Wildman–Crippen MR) is 68.9 cm³/mol. The zero-order valence-electron chi connectivity index (χ0n) is 9.52. The minimum atomic E-state index is -0.363. The molecule has 1 aliphatic rings. The molecule has 5 nitrogen and oxygen atoms in total. The summed E-state index contributed by atoms with van der Waals surface area (Å²) < 4.78 is 0.587. The second kappa shape index (κ2) is 5.12. The third kappa shape index (κ3) is 2.65. The Morgan fingerprint density at radius 3 is 2.82 bits per heavy atom. The SMILES string of the molecule is CN(Cc1cccc([N+](=O)[O-])c1Br)C1CNC1. The largest absolute Gasteiger partial charge is 0.314 e. The van der Waals surface area contributed by atoms with E-state index in [1.54, 1.807) is 6.07 Å². The van der Waals surface area contributed by atoms with Crippen molar-refractivity contribution in [1.82, 2.24) is 10.2 Å². The van der Waals surface area contributed by atoms with Crippen molar-refractivity contribution in [1.29, 1.82) is 0 Å². The number of hydrogen-bond donors (Lipinski definition) is 1. The monoisotopic (exact) mass is 299 g/mol. The molecular weight excluding hydrogens is 286 g/mol. The average molecular weight is 300 g/mol. The fraction of sp³-hybridized carbons (Fsp3) is 0.455. The molecule has 0 spiro atoms. The normalized spacial score (nSPS) is 15.9. The summed E-state index contributed by atoms with van der Waals surface area (Å²) in [6.07, 6.45) is 0. The molecule has 0 bridgehead atoms. The smallest absolute Gasteiger partial charge is 0.283 e. The highest BCUT2D eigenvalue weighted by Crippen LogP contribution is 2.29. The van der Waals surface area contributed by atoms with Gasteiger partial charge >= 0.3 is 0 Å². The first-order valence-corrected chi connectivity index (χ1v) is 6.21. The second-order valence-electron chi connectivity index (χ2n) is 4.23. The molecular formula is C11H14BrN3O2. The number of nitrogens with one attached hydrogen (secondary N) is 1. The Kier molecular flexibility index (Phi) is 3.76. The Labute approximate surface area is 108 Å². The predicted octanol–water partition coefficient (Wildman–Crippen LogP) is 1.76. The Morgan fingerprint density at radius 2 is 2.29 bits per heavy atom. The average Bonchev–Trinajstić information content (AvgIpc) is 2.18. The van der Waals surface area contributed by atoms with E-state index in [1.165, 1.54) is 6.07 Å². The first-order chi connectivity index (χ1) is 8.09. The van der Waals surface area contributed by atoms with Crippen LogP contribution in [0.5, 0.6) is 0 Å². The van der Waals surface area contributed by atoms with Crippen LogP contribution in [0.15, 0.2) is 22.7 Å². The van der Waals surface area contributed by atoms with Crippen molar-refractivity contribution in [2.45, 2.75) is 12.6 Å². The van der Waals surface area contributed by atoms with Gasteiger partial charge in [-0.3, -0.25) is 15.0 Å². The molecule has 92 valence electrons. The number of likely N-dealkylation sites (N-methyl/N-ethyl adjacent to an activating group) is 1. The summed E-state index contributed by atoms with van der Waals surface area (Å²) in [7, 11) is 2.04. The molecule has 0 atom stereocenters. The molecule has 0 amide bonds. The lowest BCUT2D eigenvalue weighted by Crippen LogP contribution is -2.55. The van der Waals surface area contributed by atoms with Crippen LogP contribution >= 0.6 is 15.9 Å². The molecule has 2 rings (SSSR count). The van der Waals surface area contributed by atoms with Gasteiger partial charge in [-0.05, 0) is 28.5 Å². The van der Waals surface area contributed by atoms with E-state index in [9.17, 15) is 10.1 Å². The minimum absolute atomic E-state index is 0.127. The van der Waals surface area contributed by atoms with Crippen LogP contribution in [0.4, 0.5) is 5.69 Å². The highest BCUT2D eigenvalue weighted by atomic mass is 79.9. The summed E-state index contributed by atoms with van der Waals surface area (Å²) in [6, 6.07) is 5.68. The lowest BCUT2D eigenvalue weighted by atomic mass is 10.1. The molecule has 1 fully saturated rings. The van der Waals surface area contributed by atoms with Gasteiger partial charge in [-0.2, -0.15) is 0 Å². The van der Waals surface area contributed by atoms with Gasteiger partial charge in [-0.25, -0.2) is 0 Å². The topological polar surface area (TPSA) is 58.4 Å². The van der Waals surface area contributed by atoms with Crippen molar-refractivity contribution in [3.8, 4) is 0 Å². The fourth-order valence-corrected chi connectivity index (χ4v) is 2.35. The molecule has 0 radical (unpaired) electrons. The quantitative estimate of drug-likeness (QED) is 0.680. The first kappa shape index (κ1) is 12.5. The van der Waals surface area contributed by atoms with Crippen LogP contribution in [0, 0.1) is 10.1 Å². The summed E-state index contributed by atoms with van der Waals surface area (Å²) in [4.78, 5) is 12.7. The van der Waals surface area contributed by atoms with Gasteiger partial charge in [0.1, 0.15) is 0 Å². The van der Waals surface area contributed by atoms with Gasteiger partial charge in [-0.15, -0.1) is 0 Å². The van der Waals surface area contributed by atoms with Crippen molar-refractivity contribution in [3.05, 3.63) is 38.3 Å². The molecule has 0 saturated carbocycles. The summed E-state index contributed by atoms with van der Waals surface area (Å²) in [5.41, 5.74) is 1.08. The minimum Gasteiger partial charge on any atom is -0.314 e. The molecule has 1 aromatic carbocycles. The number of nitro benzene ring substituents is 1. The van der Waals surface area contributed by atoms with Gasteiger partial charge in [0.05, 0.1) is 9.40 Å². The van der Waals surface area contributed by atoms with E-state index >= 15 is 0 Å². The van der Waals surface area contributed by atoms with Crippen molar-refractivity contribution in [2.24, 2.45) is 0 Å². The lowest BCUT2D eigenvalue weighted by Gasteiger charge is -2.35. The van der Waals surface area contributed by atoms with Gasteiger partial charge in [-0.1, -0.05) is 12.1 Å². The fourth-order valence-electron chi connectivity index (χ4n) is 1.81. The second-order valence-corrected chi connectivity index (χ2v) is 5.03. The Bertz CT molecular complexity index is 435. The van der Waals surface area contributed by atoms with E-state index in [1.807, 2.05) is 13.1 Å². The van der Waals surface area contributed by atoms with Crippen LogP contribution < -0.4 is 5.32 Å². The van der Waals surface area contributed by atoms with Crippen molar-refractivity contribution in [2.75, 3.05) is 20.1 Å². The van der Waals surface area contributed by atoms with Crippen LogP contribution in [-0.4, -0.2) is 36.0 Å². The zero-order chi connectivity index (χ0) is 12.4. The van der Waals surface area contributed by atoms with Crippen LogP contribution in [-0.2, 0) is 6.54 Å². The van der Waals surface area contributed by atoms with Gasteiger partial charge in [0.2, 0.25) is 0 Å². The maximum Gasteiger partial charge on any atom is 0.283 e. The van der Waals surface area contributed by atoms with Gasteiger partial charge in [0, 0.05) is 31.7 Å². The van der Waals surface area contributed by atoms with E-state index in [2.05, 4.69) is 26.1 Å². The maximum atomic E-state index is 10.8. The number of hydrogen-bond acceptors (Lipinski definition) is 4. The summed E-state index contributed by atoms with van der Waals surface area (Å²) in [6.45, 7) is 2.70. The van der Waals surface area contributed by atoms with Gasteiger partial charge in [0.15, 0.2) is 0 Å². The van der Waals surface area contributed by atoms with Crippen LogP contribution in [0.3, 0.4) is 0 Å². The molecule has 1 heterocycles. The number of rotatable bonds is 4. The molecule has 0 unspecified atom stereocenters. The van der Waals surface area contributed by atoms with E-state index in [-0.39, 0.29) is 10.6 Å². The molecule has 0 aromatic heterocycles. The zero-order valence-corrected chi connectivity index (χ0v) is 11.1. The number of halogens is 1. The highest BCUT2D eigenvalue weighted by Gasteiger charge is 2.23. The summed E-state index contributed by atoms with van der Waals surface area (Å²) >= 11 is 3.32. The van der Waals surface area contributed by atoms with Crippen molar-refractivity contribution < 1.29 is 4.92 Å². The first-order valence-electron chi connectivity index (χ1n) is 5.42. The third-order valence-electron chi connectivity index (χ3n) is 3.06. The molecule has 1 aromatic rings. The highest BCUT2D eigenvalue weighted by molar-refractivity contribution is 9.10. The molecule has 1 saturated heterocycles. The molecule has 17 heavy (non-hydrogen) atoms. The number of nitro groups is 1. The molecule has 0 aliphatic carbocycles. The Hall–Kier alpha value is -0.980.